The molecule has 0 saturated carbocycles. The molecule has 0 aliphatic rings. The molecule has 23 aromatic rings. The molecular weight excluding hydrogens is 1570 g/mol. The molecule has 0 atom stereocenters. The van der Waals surface area contributed by atoms with Crippen LogP contribution in [0.4, 0.5) is 0 Å². The van der Waals surface area contributed by atoms with Gasteiger partial charge < -0.3 is 9.13 Å². The van der Waals surface area contributed by atoms with Gasteiger partial charge in [-0.2, -0.15) is 0 Å². The molecule has 0 amide bonds. The van der Waals surface area contributed by atoms with Crippen molar-refractivity contribution in [3.05, 3.63) is 425 Å². The van der Waals surface area contributed by atoms with Crippen molar-refractivity contribution in [3.63, 3.8) is 0 Å². The molecule has 0 radical (unpaired) electrons. The molecule has 7 aromatic heterocycles. The second-order valence-corrected chi connectivity index (χ2v) is 31.2. The van der Waals surface area contributed by atoms with E-state index in [-0.39, 0.29) is 0 Å². The fourth-order valence-electron chi connectivity index (χ4n) is 16.9. The summed E-state index contributed by atoms with van der Waals surface area (Å²) in [5.41, 5.74) is 21.5. The number of fused-ring (bicyclic) bond motifs is 6. The first kappa shape index (κ1) is 75.2. The third-order valence-electron chi connectivity index (χ3n) is 23.2. The lowest BCUT2D eigenvalue weighted by Gasteiger charge is -2.20. The van der Waals surface area contributed by atoms with E-state index in [9.17, 15) is 0 Å². The van der Waals surface area contributed by atoms with Crippen LogP contribution in [0.5, 0.6) is 0 Å². The maximum Gasteiger partial charge on any atom is 0.164 e. The quantitative estimate of drug-likeness (QED) is 0.0788. The largest absolute Gasteiger partial charge is 0.309 e. The number of nitrogens with zero attached hydrogens (tertiary/aromatic N) is 16. The maximum absolute atomic E-state index is 5.53. The molecule has 0 saturated heterocycles. The fraction of sp³-hybridized carbons (Fsp3) is 0. The molecule has 0 unspecified atom stereocenters. The van der Waals surface area contributed by atoms with Gasteiger partial charge in [-0.25, -0.2) is 69.8 Å². The zero-order chi connectivity index (χ0) is 84.8. The number of hydrogen-bond donors (Lipinski definition) is 0. The molecular formula is C112H70N16. The Morgan fingerprint density at radius 3 is 0.570 bits per heavy atom. The smallest absolute Gasteiger partial charge is 0.164 e. The van der Waals surface area contributed by atoms with E-state index in [0.717, 1.165) is 161 Å². The molecule has 128 heavy (non-hydrogen) atoms. The van der Waals surface area contributed by atoms with Crippen molar-refractivity contribution in [3.8, 4) is 193 Å². The SMILES string of the molecule is c1ccc(-c2cc(-c3ccccc3)nc(-c3ccc(-c4ccccc4-n4c5ccc(-c6nc(-c7ccccc7)nc(-c7ccccc7)n6)cc5c5cc(-c6nc(-c7ccccc7)nc(-c7ccccc7)n6)ccc54)c(-n4c5ccc(-c6nc(-c7ccccc7)nc(-c7ccccc7)n6)cc5c5cc(-c6nc(-c7ccccc7)nc(-c7ccccc7)n6)ccc54)c3)n2)cc1. The van der Waals surface area contributed by atoms with Crippen molar-refractivity contribution in [1.29, 1.82) is 0 Å². The zero-order valence-corrected chi connectivity index (χ0v) is 68.6. The summed E-state index contributed by atoms with van der Waals surface area (Å²) < 4.78 is 4.77. The molecule has 0 aliphatic heterocycles. The first-order valence-corrected chi connectivity index (χ1v) is 42.3. The minimum Gasteiger partial charge on any atom is -0.309 e. The summed E-state index contributed by atoms with van der Waals surface area (Å²) in [7, 11) is 0. The van der Waals surface area contributed by atoms with Gasteiger partial charge in [0.25, 0.3) is 0 Å². The van der Waals surface area contributed by atoms with Crippen molar-refractivity contribution in [2.24, 2.45) is 0 Å². The molecule has 0 bridgehead atoms. The van der Waals surface area contributed by atoms with E-state index in [1.165, 1.54) is 0 Å². The third-order valence-corrected chi connectivity index (χ3v) is 23.2. The lowest BCUT2D eigenvalue weighted by atomic mass is 9.98. The fourth-order valence-corrected chi connectivity index (χ4v) is 16.9. The summed E-state index contributed by atoms with van der Waals surface area (Å²) in [4.78, 5) is 74.2. The van der Waals surface area contributed by atoms with E-state index in [1.54, 1.807) is 0 Å². The monoisotopic (exact) mass is 1640 g/mol. The van der Waals surface area contributed by atoms with Crippen LogP contribution in [0.15, 0.2) is 425 Å². The Bertz CT molecular complexity index is 7480. The molecule has 0 spiro atoms. The Balaban J connectivity index is 0.788. The van der Waals surface area contributed by atoms with Gasteiger partial charge in [0.05, 0.1) is 44.8 Å². The minimum absolute atomic E-state index is 0.505. The van der Waals surface area contributed by atoms with Crippen molar-refractivity contribution < 1.29 is 0 Å². The van der Waals surface area contributed by atoms with Crippen LogP contribution in [-0.2, 0) is 0 Å². The number of para-hydroxylation sites is 1. The highest BCUT2D eigenvalue weighted by molar-refractivity contribution is 6.14. The van der Waals surface area contributed by atoms with Crippen LogP contribution in [0.25, 0.3) is 237 Å². The number of hydrogen-bond acceptors (Lipinski definition) is 14. The highest BCUT2D eigenvalue weighted by Gasteiger charge is 2.27. The van der Waals surface area contributed by atoms with E-state index >= 15 is 0 Å². The molecule has 16 aromatic carbocycles. The van der Waals surface area contributed by atoms with Crippen LogP contribution >= 0.6 is 0 Å². The number of benzene rings is 16. The topological polar surface area (TPSA) is 190 Å². The third kappa shape index (κ3) is 14.4. The molecule has 16 heteroatoms. The molecule has 598 valence electrons. The molecule has 0 aliphatic carbocycles. The Kier molecular flexibility index (Phi) is 19.1. The lowest BCUT2D eigenvalue weighted by Crippen LogP contribution is -2.03. The zero-order valence-electron chi connectivity index (χ0n) is 68.6. The molecule has 7 heterocycles. The van der Waals surface area contributed by atoms with Gasteiger partial charge in [-0.15, -0.1) is 0 Å². The molecule has 0 N–H and O–H groups in total. The van der Waals surface area contributed by atoms with Crippen molar-refractivity contribution in [2.75, 3.05) is 0 Å². The Morgan fingerprint density at radius 1 is 0.125 bits per heavy atom. The average molecular weight is 1640 g/mol. The Labute approximate surface area is 735 Å². The van der Waals surface area contributed by atoms with Crippen molar-refractivity contribution in [1.82, 2.24) is 78.9 Å². The van der Waals surface area contributed by atoms with Crippen LogP contribution in [0.3, 0.4) is 0 Å². The van der Waals surface area contributed by atoms with Crippen LogP contribution in [0.2, 0.25) is 0 Å². The standard InChI is InChI=1S/C112H70N16/c1-11-33-71(34-12-1)92-70-93(72-35-13-2-14-36-72)114-108(113-92)85-55-60-87(99(69-85)128-97-63-58-83(111-123-104(77-45-23-7-24-46-77)117-105(124-111)78-47-25-8-26-48-78)67-90(97)91-68-84(59-64-98(91)128)112-125-106(79-49-27-9-28-50-79)118-107(126-112)80-51-29-10-30-52-80)86-53-31-32-54-94(86)127-95-61-56-81(109-119-100(73-37-15-3-16-38-73)115-101(120-109)74-39-17-4-18-40-74)65-88(95)89-66-82(57-62-96(89)127)110-121-102(75-41-19-5-20-42-75)116-103(122-110)76-43-21-6-22-44-76/h1-70H. The second-order valence-electron chi connectivity index (χ2n) is 31.2. The van der Waals surface area contributed by atoms with Gasteiger partial charge in [-0.05, 0) is 91.0 Å². The van der Waals surface area contributed by atoms with E-state index in [0.29, 0.717) is 75.7 Å². The predicted octanol–water partition coefficient (Wildman–Crippen LogP) is 26.1. The van der Waals surface area contributed by atoms with Crippen molar-refractivity contribution in [2.45, 2.75) is 0 Å². The van der Waals surface area contributed by atoms with E-state index in [4.69, 9.17) is 69.8 Å². The highest BCUT2D eigenvalue weighted by atomic mass is 15.1. The normalized spacial score (nSPS) is 11.4. The maximum atomic E-state index is 5.53. The Morgan fingerprint density at radius 2 is 0.312 bits per heavy atom. The van der Waals surface area contributed by atoms with Crippen molar-refractivity contribution >= 4 is 43.6 Å². The highest BCUT2D eigenvalue weighted by Crippen LogP contribution is 2.46. The first-order valence-electron chi connectivity index (χ1n) is 42.3. The van der Waals surface area contributed by atoms with E-state index in [2.05, 4.69) is 155 Å². The first-order chi connectivity index (χ1) is 63.4. The Hall–Kier alpha value is -17.8. The van der Waals surface area contributed by atoms with Gasteiger partial charge in [0.1, 0.15) is 0 Å². The molecule has 16 nitrogen and oxygen atoms in total. The number of aromatic nitrogens is 16. The van der Waals surface area contributed by atoms with Gasteiger partial charge in [-0.3, -0.25) is 0 Å². The molecule has 23 rings (SSSR count). The average Bonchev–Trinajstić information content (AvgIpc) is 1.53. The summed E-state index contributed by atoms with van der Waals surface area (Å²) in [5.74, 6) is 6.99. The molecule has 0 fully saturated rings. The number of rotatable bonds is 18. The van der Waals surface area contributed by atoms with Crippen LogP contribution < -0.4 is 0 Å². The van der Waals surface area contributed by atoms with E-state index in [1.807, 2.05) is 279 Å². The van der Waals surface area contributed by atoms with Crippen LogP contribution in [0, 0.1) is 0 Å². The summed E-state index contributed by atoms with van der Waals surface area (Å²) in [6, 6.07) is 145. The van der Waals surface area contributed by atoms with Gasteiger partial charge in [0.2, 0.25) is 0 Å². The lowest BCUT2D eigenvalue weighted by molar-refractivity contribution is 1.07. The summed E-state index contributed by atoms with van der Waals surface area (Å²) in [5, 5.41) is 3.68. The second kappa shape index (κ2) is 32.6. The van der Waals surface area contributed by atoms with Gasteiger partial charge >= 0.3 is 0 Å². The van der Waals surface area contributed by atoms with Crippen LogP contribution in [0.1, 0.15) is 0 Å². The minimum atomic E-state index is 0.505. The van der Waals surface area contributed by atoms with E-state index < -0.39 is 0 Å². The predicted molar refractivity (Wildman–Crippen MR) is 511 cm³/mol. The summed E-state index contributed by atoms with van der Waals surface area (Å²) in [6.07, 6.45) is 0. The summed E-state index contributed by atoms with van der Waals surface area (Å²) >= 11 is 0. The van der Waals surface area contributed by atoms with Gasteiger partial charge in [-0.1, -0.05) is 334 Å². The summed E-state index contributed by atoms with van der Waals surface area (Å²) in [6.45, 7) is 0. The van der Waals surface area contributed by atoms with Gasteiger partial charge in [0.15, 0.2) is 75.7 Å². The van der Waals surface area contributed by atoms with Gasteiger partial charge in [0, 0.05) is 116 Å². The van der Waals surface area contributed by atoms with Crippen LogP contribution in [-0.4, -0.2) is 78.9 Å².